The Balaban J connectivity index is 1.65. The molecule has 0 spiro atoms. The van der Waals surface area contributed by atoms with E-state index < -0.39 is 11.7 Å². The molecule has 2 aromatic rings. The van der Waals surface area contributed by atoms with Gasteiger partial charge < -0.3 is 10.6 Å². The first kappa shape index (κ1) is 18.7. The molecule has 1 aliphatic carbocycles. The molecule has 3 rings (SSSR count). The Morgan fingerprint density at radius 1 is 1.12 bits per heavy atom. The fraction of sp³-hybridized carbons (Fsp3) is 0.263. The molecule has 7 heteroatoms. The van der Waals surface area contributed by atoms with Gasteiger partial charge in [0.1, 0.15) is 5.82 Å². The zero-order valence-electron chi connectivity index (χ0n) is 14.0. The first-order chi connectivity index (χ1) is 12.3. The second kappa shape index (κ2) is 7.64. The number of carbonyl (C=O) groups excluding carboxylic acids is 2. The highest BCUT2D eigenvalue weighted by atomic mass is 35.5. The molecule has 4 nitrogen and oxygen atoms in total. The van der Waals surface area contributed by atoms with Crippen LogP contribution in [0.3, 0.4) is 0 Å². The van der Waals surface area contributed by atoms with Gasteiger partial charge in [0.05, 0.1) is 21.7 Å². The number of anilines is 1. The number of amides is 2. The first-order valence-corrected chi connectivity index (χ1v) is 8.97. The fourth-order valence-electron chi connectivity index (χ4n) is 2.50. The van der Waals surface area contributed by atoms with Gasteiger partial charge in [0.25, 0.3) is 5.91 Å². The highest BCUT2D eigenvalue weighted by Gasteiger charge is 2.29. The molecule has 1 atom stereocenters. The summed E-state index contributed by atoms with van der Waals surface area (Å²) >= 11 is 11.6. The summed E-state index contributed by atoms with van der Waals surface area (Å²) < 4.78 is 13.6. The van der Waals surface area contributed by atoms with Crippen molar-refractivity contribution >= 4 is 40.7 Å². The van der Waals surface area contributed by atoms with Gasteiger partial charge >= 0.3 is 0 Å². The predicted octanol–water partition coefficient (Wildman–Crippen LogP) is 4.97. The van der Waals surface area contributed by atoms with Crippen LogP contribution in [0.2, 0.25) is 10.0 Å². The molecular formula is C19H17Cl2FN2O2. The summed E-state index contributed by atoms with van der Waals surface area (Å²) in [6.45, 7) is 1.80. The largest absolute Gasteiger partial charge is 0.345 e. The van der Waals surface area contributed by atoms with Crippen molar-refractivity contribution in [1.82, 2.24) is 5.32 Å². The highest BCUT2D eigenvalue weighted by molar-refractivity contribution is 6.36. The molecular weight excluding hydrogens is 378 g/mol. The Hall–Kier alpha value is -2.11. The molecule has 1 aliphatic rings. The Labute approximate surface area is 160 Å². The lowest BCUT2D eigenvalue weighted by Gasteiger charge is -2.16. The summed E-state index contributed by atoms with van der Waals surface area (Å²) in [5.74, 6) is -1.02. The Bertz CT molecular complexity index is 851. The van der Waals surface area contributed by atoms with Crippen LogP contribution in [0.15, 0.2) is 36.4 Å². The predicted molar refractivity (Wildman–Crippen MR) is 100 cm³/mol. The van der Waals surface area contributed by atoms with Crippen LogP contribution in [-0.2, 0) is 4.79 Å². The van der Waals surface area contributed by atoms with Crippen molar-refractivity contribution in [3.63, 3.8) is 0 Å². The third-order valence-corrected chi connectivity index (χ3v) is 4.83. The van der Waals surface area contributed by atoms with Crippen molar-refractivity contribution in [2.24, 2.45) is 5.92 Å². The molecule has 2 amide bonds. The van der Waals surface area contributed by atoms with Gasteiger partial charge in [-0.15, -0.1) is 0 Å². The fourth-order valence-corrected chi connectivity index (χ4v) is 2.97. The quantitative estimate of drug-likeness (QED) is 0.703. The number of rotatable bonds is 5. The molecule has 2 N–H and O–H groups in total. The zero-order valence-corrected chi connectivity index (χ0v) is 15.5. The normalized spacial score (nSPS) is 14.6. The molecule has 136 valence electrons. The van der Waals surface area contributed by atoms with E-state index in [4.69, 9.17) is 23.2 Å². The molecule has 0 heterocycles. The molecule has 0 aliphatic heterocycles. The minimum absolute atomic E-state index is 0.0220. The molecule has 1 unspecified atom stereocenters. The maximum Gasteiger partial charge on any atom is 0.253 e. The van der Waals surface area contributed by atoms with Crippen LogP contribution < -0.4 is 10.6 Å². The van der Waals surface area contributed by atoms with Crippen LogP contribution in [-0.4, -0.2) is 11.8 Å². The third-order valence-electron chi connectivity index (χ3n) is 4.23. The van der Waals surface area contributed by atoms with Crippen molar-refractivity contribution in [3.8, 4) is 0 Å². The van der Waals surface area contributed by atoms with Gasteiger partial charge in [-0.25, -0.2) is 4.39 Å². The first-order valence-electron chi connectivity index (χ1n) is 8.21. The highest BCUT2D eigenvalue weighted by Crippen LogP contribution is 2.30. The van der Waals surface area contributed by atoms with E-state index in [0.717, 1.165) is 24.5 Å². The molecule has 0 radical (unpaired) electrons. The zero-order chi connectivity index (χ0) is 18.8. The number of hydrogen-bond acceptors (Lipinski definition) is 2. The van der Waals surface area contributed by atoms with Crippen molar-refractivity contribution in [2.45, 2.75) is 25.8 Å². The van der Waals surface area contributed by atoms with Gasteiger partial charge in [0.2, 0.25) is 5.91 Å². The van der Waals surface area contributed by atoms with Crippen LogP contribution in [0.5, 0.6) is 0 Å². The molecule has 1 saturated carbocycles. The Kier molecular flexibility index (Phi) is 5.49. The van der Waals surface area contributed by atoms with Gasteiger partial charge in [0, 0.05) is 11.6 Å². The summed E-state index contributed by atoms with van der Waals surface area (Å²) in [6, 6.07) is 9.10. The van der Waals surface area contributed by atoms with E-state index in [9.17, 15) is 14.0 Å². The standard InChI is InChI=1S/C19H17Cl2FN2O2/c1-10(23-19(26)14-8-17(22)16(21)9-15(14)20)11-4-6-13(7-5-11)24-18(25)12-2-3-12/h4-10,12H,2-3H2,1H3,(H,23,26)(H,24,25). The average molecular weight is 395 g/mol. The van der Waals surface area contributed by atoms with Gasteiger partial charge in [-0.2, -0.15) is 0 Å². The van der Waals surface area contributed by atoms with E-state index in [1.54, 1.807) is 19.1 Å². The van der Waals surface area contributed by atoms with Crippen molar-refractivity contribution in [1.29, 1.82) is 0 Å². The van der Waals surface area contributed by atoms with E-state index in [2.05, 4.69) is 10.6 Å². The van der Waals surface area contributed by atoms with Crippen LogP contribution >= 0.6 is 23.2 Å². The van der Waals surface area contributed by atoms with Crippen LogP contribution in [0, 0.1) is 11.7 Å². The minimum Gasteiger partial charge on any atom is -0.345 e. The average Bonchev–Trinajstić information content (AvgIpc) is 3.43. The number of hydrogen-bond donors (Lipinski definition) is 2. The van der Waals surface area contributed by atoms with E-state index in [1.807, 2.05) is 12.1 Å². The number of nitrogens with one attached hydrogen (secondary N) is 2. The van der Waals surface area contributed by atoms with E-state index in [0.29, 0.717) is 5.69 Å². The van der Waals surface area contributed by atoms with Crippen molar-refractivity contribution < 1.29 is 14.0 Å². The number of carbonyl (C=O) groups is 2. The molecule has 2 aromatic carbocycles. The minimum atomic E-state index is -0.704. The summed E-state index contributed by atoms with van der Waals surface area (Å²) in [6.07, 6.45) is 1.89. The monoisotopic (exact) mass is 394 g/mol. The molecule has 1 fully saturated rings. The smallest absolute Gasteiger partial charge is 0.253 e. The summed E-state index contributed by atoms with van der Waals surface area (Å²) in [5.41, 5.74) is 1.58. The Morgan fingerprint density at radius 3 is 2.38 bits per heavy atom. The lowest BCUT2D eigenvalue weighted by Crippen LogP contribution is -2.27. The van der Waals surface area contributed by atoms with Crippen molar-refractivity contribution in [2.75, 3.05) is 5.32 Å². The van der Waals surface area contributed by atoms with E-state index in [1.165, 1.54) is 6.07 Å². The van der Waals surface area contributed by atoms with Gasteiger partial charge in [0.15, 0.2) is 0 Å². The SMILES string of the molecule is CC(NC(=O)c1cc(F)c(Cl)cc1Cl)c1ccc(NC(=O)C2CC2)cc1. The third kappa shape index (κ3) is 4.34. The maximum atomic E-state index is 13.6. The lowest BCUT2D eigenvalue weighted by molar-refractivity contribution is -0.117. The molecule has 0 aromatic heterocycles. The maximum absolute atomic E-state index is 13.6. The van der Waals surface area contributed by atoms with Gasteiger partial charge in [-0.3, -0.25) is 9.59 Å². The van der Waals surface area contributed by atoms with Gasteiger partial charge in [-0.05, 0) is 49.6 Å². The molecule has 26 heavy (non-hydrogen) atoms. The van der Waals surface area contributed by atoms with E-state index >= 15 is 0 Å². The summed E-state index contributed by atoms with van der Waals surface area (Å²) in [5, 5.41) is 5.57. The molecule has 0 bridgehead atoms. The van der Waals surface area contributed by atoms with Crippen LogP contribution in [0.25, 0.3) is 0 Å². The number of halogens is 3. The molecule has 0 saturated heterocycles. The second-order valence-electron chi connectivity index (χ2n) is 6.33. The van der Waals surface area contributed by atoms with Crippen molar-refractivity contribution in [3.05, 3.63) is 63.4 Å². The summed E-state index contributed by atoms with van der Waals surface area (Å²) in [7, 11) is 0. The number of benzene rings is 2. The van der Waals surface area contributed by atoms with Gasteiger partial charge in [-0.1, -0.05) is 35.3 Å². The lowest BCUT2D eigenvalue weighted by atomic mass is 10.1. The second-order valence-corrected chi connectivity index (χ2v) is 7.14. The topological polar surface area (TPSA) is 58.2 Å². The summed E-state index contributed by atoms with van der Waals surface area (Å²) in [4.78, 5) is 24.1. The van der Waals surface area contributed by atoms with Crippen LogP contribution in [0.1, 0.15) is 41.7 Å². The van der Waals surface area contributed by atoms with Crippen LogP contribution in [0.4, 0.5) is 10.1 Å². The van der Waals surface area contributed by atoms with E-state index in [-0.39, 0.29) is 33.5 Å². The Morgan fingerprint density at radius 2 is 1.77 bits per heavy atom.